The van der Waals surface area contributed by atoms with E-state index in [1.807, 2.05) is 6.61 Å². The van der Waals surface area contributed by atoms with E-state index in [0.717, 1.165) is 6.42 Å². The summed E-state index contributed by atoms with van der Waals surface area (Å²) in [6.45, 7) is 4.02. The fraction of sp³-hybridized carbons (Fsp3) is 0.833. The summed E-state index contributed by atoms with van der Waals surface area (Å²) in [5.74, 6) is 0. The Bertz CT molecular complexity index is 50.5. The van der Waals surface area contributed by atoms with Gasteiger partial charge < -0.3 is 4.74 Å². The first-order valence-electron chi connectivity index (χ1n) is 2.87. The monoisotopic (exact) mass is 188 g/mol. The van der Waals surface area contributed by atoms with E-state index in [2.05, 4.69) is 6.92 Å². The maximum atomic E-state index is 5.15. The Labute approximate surface area is 76.1 Å². The van der Waals surface area contributed by atoms with E-state index in [1.165, 1.54) is 12.8 Å². The fourth-order valence-electron chi connectivity index (χ4n) is 0.789. The van der Waals surface area contributed by atoms with Crippen molar-refractivity contribution in [3.05, 3.63) is 6.61 Å². The van der Waals surface area contributed by atoms with Crippen LogP contribution in [0.1, 0.15) is 26.2 Å². The van der Waals surface area contributed by atoms with E-state index in [-0.39, 0.29) is 32.7 Å². The molecule has 8 heavy (non-hydrogen) atoms. The molecular weight excluding hydrogens is 177 g/mol. The SMILES string of the molecule is CC1CCC[CH-]O1.[Y]. The number of rotatable bonds is 0. The second-order valence-corrected chi connectivity index (χ2v) is 2.04. The van der Waals surface area contributed by atoms with Crippen LogP contribution in [0.4, 0.5) is 0 Å². The van der Waals surface area contributed by atoms with E-state index in [9.17, 15) is 0 Å². The average Bonchev–Trinajstić information content (AvgIpc) is 1.69. The molecule has 1 atom stereocenters. The van der Waals surface area contributed by atoms with E-state index in [0.29, 0.717) is 6.10 Å². The zero-order chi connectivity index (χ0) is 5.11. The van der Waals surface area contributed by atoms with Crippen LogP contribution in [-0.4, -0.2) is 6.10 Å². The minimum atomic E-state index is 0. The molecule has 1 saturated heterocycles. The molecule has 0 bridgehead atoms. The minimum absolute atomic E-state index is 0. The maximum absolute atomic E-state index is 5.15. The van der Waals surface area contributed by atoms with Crippen molar-refractivity contribution in [2.45, 2.75) is 32.3 Å². The molecule has 1 unspecified atom stereocenters. The average molecular weight is 188 g/mol. The van der Waals surface area contributed by atoms with Crippen LogP contribution >= 0.6 is 0 Å². The maximum Gasteiger partial charge on any atom is 0.0200 e. The zero-order valence-electron chi connectivity index (χ0n) is 5.26. The van der Waals surface area contributed by atoms with Crippen molar-refractivity contribution >= 4 is 0 Å². The van der Waals surface area contributed by atoms with Crippen LogP contribution in [0.15, 0.2) is 0 Å². The molecule has 0 amide bonds. The summed E-state index contributed by atoms with van der Waals surface area (Å²) in [6, 6.07) is 0. The molecule has 2 heteroatoms. The Morgan fingerprint density at radius 1 is 1.62 bits per heavy atom. The molecular formula is C6H11OY-. The Morgan fingerprint density at radius 2 is 2.38 bits per heavy atom. The molecule has 0 aromatic carbocycles. The second kappa shape index (κ2) is 4.90. The van der Waals surface area contributed by atoms with Gasteiger partial charge >= 0.3 is 0 Å². The predicted octanol–water partition coefficient (Wildman–Crippen LogP) is 1.73. The van der Waals surface area contributed by atoms with E-state index in [4.69, 9.17) is 4.74 Å². The molecule has 0 N–H and O–H groups in total. The molecule has 1 fully saturated rings. The summed E-state index contributed by atoms with van der Waals surface area (Å²) < 4.78 is 5.15. The van der Waals surface area contributed by atoms with Gasteiger partial charge in [-0.3, -0.25) is 0 Å². The Morgan fingerprint density at radius 3 is 2.62 bits per heavy atom. The minimum Gasteiger partial charge on any atom is -0.550 e. The van der Waals surface area contributed by atoms with Crippen molar-refractivity contribution in [1.29, 1.82) is 0 Å². The first kappa shape index (κ1) is 9.06. The normalized spacial score (nSPS) is 28.9. The van der Waals surface area contributed by atoms with Gasteiger partial charge in [-0.2, -0.15) is 6.42 Å². The number of ether oxygens (including phenoxy) is 1. The van der Waals surface area contributed by atoms with Gasteiger partial charge in [-0.25, -0.2) is 6.61 Å². The summed E-state index contributed by atoms with van der Waals surface area (Å²) in [4.78, 5) is 0. The van der Waals surface area contributed by atoms with Gasteiger partial charge in [0.05, 0.1) is 0 Å². The van der Waals surface area contributed by atoms with Crippen molar-refractivity contribution in [3.8, 4) is 0 Å². The van der Waals surface area contributed by atoms with Gasteiger partial charge in [0.25, 0.3) is 0 Å². The van der Waals surface area contributed by atoms with Gasteiger partial charge in [0, 0.05) is 38.8 Å². The molecule has 1 radical (unpaired) electrons. The molecule has 0 spiro atoms. The first-order valence-corrected chi connectivity index (χ1v) is 2.87. The number of hydrogen-bond donors (Lipinski definition) is 0. The molecule has 0 aliphatic carbocycles. The molecule has 0 aromatic rings. The van der Waals surface area contributed by atoms with Crippen LogP contribution in [0.3, 0.4) is 0 Å². The third-order valence-corrected chi connectivity index (χ3v) is 1.26. The van der Waals surface area contributed by atoms with E-state index >= 15 is 0 Å². The van der Waals surface area contributed by atoms with Gasteiger partial charge in [0.15, 0.2) is 0 Å². The van der Waals surface area contributed by atoms with Crippen LogP contribution in [0, 0.1) is 6.61 Å². The topological polar surface area (TPSA) is 9.23 Å². The Kier molecular flexibility index (Phi) is 5.55. The van der Waals surface area contributed by atoms with Gasteiger partial charge in [-0.05, 0) is 13.3 Å². The second-order valence-electron chi connectivity index (χ2n) is 2.04. The molecule has 1 aliphatic heterocycles. The third kappa shape index (κ3) is 3.16. The van der Waals surface area contributed by atoms with Crippen molar-refractivity contribution < 1.29 is 37.4 Å². The quantitative estimate of drug-likeness (QED) is 0.526. The summed E-state index contributed by atoms with van der Waals surface area (Å²) >= 11 is 0. The van der Waals surface area contributed by atoms with Gasteiger partial charge in [0.1, 0.15) is 0 Å². The van der Waals surface area contributed by atoms with E-state index in [1.54, 1.807) is 0 Å². The molecule has 1 nitrogen and oxygen atoms in total. The summed E-state index contributed by atoms with van der Waals surface area (Å²) in [5.41, 5.74) is 0. The van der Waals surface area contributed by atoms with Crippen molar-refractivity contribution in [2.24, 2.45) is 0 Å². The molecule has 45 valence electrons. The van der Waals surface area contributed by atoms with Crippen molar-refractivity contribution in [2.75, 3.05) is 0 Å². The number of hydrogen-bond acceptors (Lipinski definition) is 1. The summed E-state index contributed by atoms with van der Waals surface area (Å²) in [6.07, 6.45) is 4.16. The molecule has 0 aromatic heterocycles. The first-order chi connectivity index (χ1) is 3.39. The van der Waals surface area contributed by atoms with Crippen LogP contribution in [0.2, 0.25) is 0 Å². The summed E-state index contributed by atoms with van der Waals surface area (Å²) in [5, 5.41) is 0. The largest absolute Gasteiger partial charge is 0.550 e. The Hall–Kier alpha value is 1.06. The molecule has 1 heterocycles. The summed E-state index contributed by atoms with van der Waals surface area (Å²) in [7, 11) is 0. The van der Waals surface area contributed by atoms with Crippen LogP contribution in [0.25, 0.3) is 0 Å². The van der Waals surface area contributed by atoms with Gasteiger partial charge in [-0.15, -0.1) is 0 Å². The predicted molar refractivity (Wildman–Crippen MR) is 28.7 cm³/mol. The van der Waals surface area contributed by atoms with Crippen LogP contribution in [0.5, 0.6) is 0 Å². The van der Waals surface area contributed by atoms with Crippen molar-refractivity contribution in [3.63, 3.8) is 0 Å². The molecule has 1 rings (SSSR count). The molecule has 0 saturated carbocycles. The van der Waals surface area contributed by atoms with E-state index < -0.39 is 0 Å². The van der Waals surface area contributed by atoms with Gasteiger partial charge in [0.2, 0.25) is 0 Å². The smallest absolute Gasteiger partial charge is 0.0200 e. The van der Waals surface area contributed by atoms with Gasteiger partial charge in [-0.1, -0.05) is 6.42 Å². The Balaban J connectivity index is 0.000000490. The van der Waals surface area contributed by atoms with Crippen LogP contribution in [-0.2, 0) is 37.4 Å². The standard InChI is InChI=1S/C6H11O.Y/c1-6-4-2-3-5-7-6;/h5-6H,2-4H2,1H3;/q-1;. The molecule has 1 aliphatic rings. The van der Waals surface area contributed by atoms with Crippen molar-refractivity contribution in [1.82, 2.24) is 0 Å². The zero-order valence-corrected chi connectivity index (χ0v) is 8.10. The fourth-order valence-corrected chi connectivity index (χ4v) is 0.789. The third-order valence-electron chi connectivity index (χ3n) is 1.26. The van der Waals surface area contributed by atoms with Crippen LogP contribution < -0.4 is 0 Å².